The van der Waals surface area contributed by atoms with Gasteiger partial charge in [0.25, 0.3) is 5.91 Å². The van der Waals surface area contributed by atoms with Crippen LogP contribution in [0.5, 0.6) is 0 Å². The van der Waals surface area contributed by atoms with Crippen LogP contribution >= 0.6 is 0 Å². The Labute approximate surface area is 125 Å². The van der Waals surface area contributed by atoms with Gasteiger partial charge in [-0.05, 0) is 31.5 Å². The monoisotopic (exact) mass is 289 g/mol. The second kappa shape index (κ2) is 6.16. The van der Waals surface area contributed by atoms with Crippen molar-refractivity contribution in [3.05, 3.63) is 24.3 Å². The second-order valence-electron chi connectivity index (χ2n) is 5.71. The van der Waals surface area contributed by atoms with E-state index in [1.54, 1.807) is 0 Å². The number of imide groups is 1. The molecule has 1 saturated heterocycles. The molecule has 1 N–H and O–H groups in total. The van der Waals surface area contributed by atoms with Gasteiger partial charge in [-0.25, -0.2) is 0 Å². The lowest BCUT2D eigenvalue weighted by atomic mass is 10.2. The normalized spacial score (nSPS) is 19.8. The molecule has 21 heavy (non-hydrogen) atoms. The molecule has 1 aliphatic rings. The first-order valence-corrected chi connectivity index (χ1v) is 7.33. The summed E-state index contributed by atoms with van der Waals surface area (Å²) in [6.45, 7) is 3.89. The van der Waals surface area contributed by atoms with E-state index in [9.17, 15) is 9.59 Å². The Hall–Kier alpha value is -2.04. The van der Waals surface area contributed by atoms with E-state index in [0.29, 0.717) is 0 Å². The molecule has 2 atom stereocenters. The smallest absolute Gasteiger partial charge is 0.252 e. The van der Waals surface area contributed by atoms with Crippen molar-refractivity contribution in [2.45, 2.75) is 38.8 Å². The molecule has 2 unspecified atom stereocenters. The highest BCUT2D eigenvalue weighted by Gasteiger charge is 2.40. The van der Waals surface area contributed by atoms with E-state index in [4.69, 9.17) is 0 Å². The van der Waals surface area contributed by atoms with Crippen LogP contribution in [0.3, 0.4) is 0 Å². The number of anilines is 2. The van der Waals surface area contributed by atoms with Gasteiger partial charge >= 0.3 is 0 Å². The van der Waals surface area contributed by atoms with Gasteiger partial charge in [0.15, 0.2) is 0 Å². The highest BCUT2D eigenvalue weighted by molar-refractivity contribution is 6.07. The summed E-state index contributed by atoms with van der Waals surface area (Å²) in [4.78, 5) is 27.8. The van der Waals surface area contributed by atoms with Gasteiger partial charge in [0.1, 0.15) is 6.04 Å². The minimum absolute atomic E-state index is 0.0371. The summed E-state index contributed by atoms with van der Waals surface area (Å²) in [5.74, 6) is -0.208. The van der Waals surface area contributed by atoms with Crippen molar-refractivity contribution < 1.29 is 9.59 Å². The van der Waals surface area contributed by atoms with E-state index in [0.717, 1.165) is 17.8 Å². The van der Waals surface area contributed by atoms with Crippen molar-refractivity contribution in [3.63, 3.8) is 0 Å². The van der Waals surface area contributed by atoms with Gasteiger partial charge in [-0.15, -0.1) is 0 Å². The average molecular weight is 289 g/mol. The minimum atomic E-state index is -0.455. The summed E-state index contributed by atoms with van der Waals surface area (Å²) in [6, 6.07) is 7.33. The lowest BCUT2D eigenvalue weighted by Gasteiger charge is -2.22. The Balaban J connectivity index is 2.12. The number of benzene rings is 1. The van der Waals surface area contributed by atoms with Gasteiger partial charge in [-0.1, -0.05) is 13.0 Å². The molecule has 0 bridgehead atoms. The van der Waals surface area contributed by atoms with Crippen LogP contribution in [0, 0.1) is 0 Å². The van der Waals surface area contributed by atoms with Gasteiger partial charge in [0.2, 0.25) is 5.91 Å². The Bertz CT molecular complexity index is 542. The highest BCUT2D eigenvalue weighted by Crippen LogP contribution is 2.23. The third-order valence-corrected chi connectivity index (χ3v) is 3.92. The van der Waals surface area contributed by atoms with E-state index >= 15 is 0 Å². The van der Waals surface area contributed by atoms with Crippen molar-refractivity contribution >= 4 is 23.2 Å². The number of rotatable bonds is 5. The first kappa shape index (κ1) is 15.4. The zero-order chi connectivity index (χ0) is 15.6. The van der Waals surface area contributed by atoms with Crippen LogP contribution in [0.2, 0.25) is 0 Å². The van der Waals surface area contributed by atoms with Gasteiger partial charge in [-0.3, -0.25) is 14.5 Å². The number of carbonyl (C=O) groups is 2. The second-order valence-corrected chi connectivity index (χ2v) is 5.71. The highest BCUT2D eigenvalue weighted by atomic mass is 16.2. The summed E-state index contributed by atoms with van der Waals surface area (Å²) >= 11 is 0. The SMILES string of the molecule is CCC(C)N1C(=O)CC(Nc2cccc(N(C)C)c2)C1=O. The van der Waals surface area contributed by atoms with Crippen molar-refractivity contribution in [2.75, 3.05) is 24.3 Å². The maximum Gasteiger partial charge on any atom is 0.252 e. The molecule has 0 aliphatic carbocycles. The molecule has 114 valence electrons. The predicted octanol–water partition coefficient (Wildman–Crippen LogP) is 2.09. The topological polar surface area (TPSA) is 52.7 Å². The third-order valence-electron chi connectivity index (χ3n) is 3.92. The number of carbonyl (C=O) groups excluding carboxylic acids is 2. The zero-order valence-electron chi connectivity index (χ0n) is 13.1. The van der Waals surface area contributed by atoms with Crippen molar-refractivity contribution in [1.29, 1.82) is 0 Å². The van der Waals surface area contributed by atoms with Crippen molar-refractivity contribution in [2.24, 2.45) is 0 Å². The Morgan fingerprint density at radius 3 is 2.71 bits per heavy atom. The lowest BCUT2D eigenvalue weighted by Crippen LogP contribution is -2.40. The van der Waals surface area contributed by atoms with Gasteiger partial charge in [-0.2, -0.15) is 0 Å². The molecule has 0 saturated carbocycles. The fourth-order valence-corrected chi connectivity index (χ4v) is 2.48. The standard InChI is InChI=1S/C16H23N3O2/c1-5-11(2)19-15(20)10-14(16(19)21)17-12-7-6-8-13(9-12)18(3)4/h6-9,11,14,17H,5,10H2,1-4H3. The first-order valence-electron chi connectivity index (χ1n) is 7.33. The number of amides is 2. The molecule has 2 rings (SSSR count). The van der Waals surface area contributed by atoms with Gasteiger partial charge in [0.05, 0.1) is 6.42 Å². The Morgan fingerprint density at radius 1 is 1.38 bits per heavy atom. The van der Waals surface area contributed by atoms with E-state index in [-0.39, 0.29) is 24.3 Å². The number of likely N-dealkylation sites (tertiary alicyclic amines) is 1. The number of nitrogens with zero attached hydrogens (tertiary/aromatic N) is 2. The fourth-order valence-electron chi connectivity index (χ4n) is 2.48. The van der Waals surface area contributed by atoms with Gasteiger partial charge < -0.3 is 10.2 Å². The molecule has 1 aromatic carbocycles. The van der Waals surface area contributed by atoms with Crippen molar-refractivity contribution in [3.8, 4) is 0 Å². The maximum atomic E-state index is 12.4. The molecular formula is C16H23N3O2. The average Bonchev–Trinajstić information content (AvgIpc) is 2.73. The number of hydrogen-bond donors (Lipinski definition) is 1. The summed E-state index contributed by atoms with van der Waals surface area (Å²) in [5.41, 5.74) is 1.91. The number of nitrogens with one attached hydrogen (secondary N) is 1. The minimum Gasteiger partial charge on any atom is -0.378 e. The van der Waals surface area contributed by atoms with Crippen LogP contribution in [0.1, 0.15) is 26.7 Å². The molecule has 1 aromatic rings. The van der Waals surface area contributed by atoms with Crippen LogP contribution < -0.4 is 10.2 Å². The zero-order valence-corrected chi connectivity index (χ0v) is 13.1. The molecular weight excluding hydrogens is 266 g/mol. The van der Waals surface area contributed by atoms with Gasteiger partial charge in [0, 0.05) is 31.5 Å². The van der Waals surface area contributed by atoms with Crippen LogP contribution in [0.4, 0.5) is 11.4 Å². The molecule has 0 spiro atoms. The fraction of sp³-hybridized carbons (Fsp3) is 0.500. The summed E-state index contributed by atoms with van der Waals surface area (Å²) in [7, 11) is 3.93. The molecule has 1 heterocycles. The van der Waals surface area contributed by atoms with Crippen LogP contribution in [-0.4, -0.2) is 42.9 Å². The summed E-state index contributed by atoms with van der Waals surface area (Å²) < 4.78 is 0. The van der Waals surface area contributed by atoms with Crippen LogP contribution in [0.25, 0.3) is 0 Å². The van der Waals surface area contributed by atoms with E-state index in [1.165, 1.54) is 4.90 Å². The molecule has 5 nitrogen and oxygen atoms in total. The molecule has 1 fully saturated rings. The molecule has 0 aromatic heterocycles. The molecule has 0 radical (unpaired) electrons. The maximum absolute atomic E-state index is 12.4. The largest absolute Gasteiger partial charge is 0.378 e. The Kier molecular flexibility index (Phi) is 4.50. The van der Waals surface area contributed by atoms with Crippen LogP contribution in [-0.2, 0) is 9.59 Å². The van der Waals surface area contributed by atoms with E-state index in [2.05, 4.69) is 5.32 Å². The molecule has 1 aliphatic heterocycles. The summed E-state index contributed by atoms with van der Waals surface area (Å²) in [6.07, 6.45) is 1.01. The Morgan fingerprint density at radius 2 is 2.10 bits per heavy atom. The van der Waals surface area contributed by atoms with E-state index in [1.807, 2.05) is 57.1 Å². The molecule has 5 heteroatoms. The summed E-state index contributed by atoms with van der Waals surface area (Å²) in [5, 5.41) is 3.19. The third kappa shape index (κ3) is 3.17. The van der Waals surface area contributed by atoms with Crippen molar-refractivity contribution in [1.82, 2.24) is 4.90 Å². The predicted molar refractivity (Wildman–Crippen MR) is 84.4 cm³/mol. The lowest BCUT2D eigenvalue weighted by molar-refractivity contribution is -0.140. The first-order chi connectivity index (χ1) is 9.93. The van der Waals surface area contributed by atoms with Crippen LogP contribution in [0.15, 0.2) is 24.3 Å². The quantitative estimate of drug-likeness (QED) is 0.843. The number of hydrogen-bond acceptors (Lipinski definition) is 4. The van der Waals surface area contributed by atoms with E-state index < -0.39 is 6.04 Å². The molecule has 2 amide bonds.